The lowest BCUT2D eigenvalue weighted by Crippen LogP contribution is -2.50. The second-order valence-electron chi connectivity index (χ2n) is 7.70. The molecule has 1 saturated carbocycles. The topological polar surface area (TPSA) is 75.6 Å². The molecule has 0 spiro atoms. The molecule has 2 aliphatic carbocycles. The molecule has 1 amide bonds. The largest absolute Gasteiger partial charge is 0.481 e. The molecule has 4 rings (SSSR count). The van der Waals surface area contributed by atoms with Crippen LogP contribution in [0.2, 0.25) is 0 Å². The Kier molecular flexibility index (Phi) is 4.98. The first-order valence-corrected chi connectivity index (χ1v) is 9.55. The number of rotatable bonds is 6. The number of aliphatic carboxylic acids is 1. The van der Waals surface area contributed by atoms with E-state index in [9.17, 15) is 18.4 Å². The predicted molar refractivity (Wildman–Crippen MR) is 102 cm³/mol. The molecule has 0 radical (unpaired) electrons. The molecule has 0 heterocycles. The second-order valence-corrected chi connectivity index (χ2v) is 7.70. The number of carbonyl (C=O) groups excluding carboxylic acids is 1. The molecule has 2 aliphatic rings. The van der Waals surface area contributed by atoms with Gasteiger partial charge in [-0.3, -0.25) is 4.79 Å². The van der Waals surface area contributed by atoms with Crippen LogP contribution in [0, 0.1) is 5.92 Å². The number of hydrogen-bond donors (Lipinski definition) is 2. The SMILES string of the molecule is O=C(O)C[C@@H](NC(=O)OCC1c2ccccc2-c2ccccc21)C1CC(F)(F)C1. The lowest BCUT2D eigenvalue weighted by atomic mass is 9.75. The number of nitrogens with one attached hydrogen (secondary N) is 1. The van der Waals surface area contributed by atoms with Gasteiger partial charge < -0.3 is 15.2 Å². The van der Waals surface area contributed by atoms with Gasteiger partial charge in [-0.15, -0.1) is 0 Å². The first-order valence-electron chi connectivity index (χ1n) is 9.55. The van der Waals surface area contributed by atoms with Crippen molar-refractivity contribution >= 4 is 12.1 Å². The minimum atomic E-state index is -2.79. The zero-order chi connectivity index (χ0) is 20.6. The Balaban J connectivity index is 1.42. The van der Waals surface area contributed by atoms with Gasteiger partial charge in [0.15, 0.2) is 0 Å². The van der Waals surface area contributed by atoms with Gasteiger partial charge in [0.2, 0.25) is 5.92 Å². The molecule has 0 unspecified atom stereocenters. The molecule has 29 heavy (non-hydrogen) atoms. The number of hydrogen-bond acceptors (Lipinski definition) is 3. The minimum absolute atomic E-state index is 0.0838. The summed E-state index contributed by atoms with van der Waals surface area (Å²) in [4.78, 5) is 23.4. The Morgan fingerprint density at radius 2 is 1.62 bits per heavy atom. The number of alkyl halides is 2. The van der Waals surface area contributed by atoms with Crippen molar-refractivity contribution in [2.24, 2.45) is 5.92 Å². The molecule has 2 aromatic carbocycles. The van der Waals surface area contributed by atoms with Gasteiger partial charge in [-0.2, -0.15) is 0 Å². The monoisotopic (exact) mass is 401 g/mol. The highest BCUT2D eigenvalue weighted by molar-refractivity contribution is 5.79. The van der Waals surface area contributed by atoms with Gasteiger partial charge in [0.25, 0.3) is 0 Å². The van der Waals surface area contributed by atoms with Gasteiger partial charge in [-0.05, 0) is 28.2 Å². The van der Waals surface area contributed by atoms with Crippen molar-refractivity contribution in [3.05, 3.63) is 59.7 Å². The quantitative estimate of drug-likeness (QED) is 0.752. The Bertz CT molecular complexity index is 892. The zero-order valence-electron chi connectivity index (χ0n) is 15.6. The third-order valence-electron chi connectivity index (χ3n) is 5.73. The van der Waals surface area contributed by atoms with Crippen molar-refractivity contribution < 1.29 is 28.2 Å². The Hall–Kier alpha value is -2.96. The van der Waals surface area contributed by atoms with Crippen LogP contribution in [0.5, 0.6) is 0 Å². The zero-order valence-corrected chi connectivity index (χ0v) is 15.6. The summed E-state index contributed by atoms with van der Waals surface area (Å²) in [6.07, 6.45) is -2.04. The van der Waals surface area contributed by atoms with E-state index in [0.717, 1.165) is 22.3 Å². The van der Waals surface area contributed by atoms with E-state index in [1.54, 1.807) is 0 Å². The van der Waals surface area contributed by atoms with Crippen LogP contribution in [0.3, 0.4) is 0 Å². The lowest BCUT2D eigenvalue weighted by molar-refractivity contribution is -0.143. The van der Waals surface area contributed by atoms with Crippen LogP contribution in [0.15, 0.2) is 48.5 Å². The maximum absolute atomic E-state index is 13.2. The Morgan fingerprint density at radius 3 is 2.14 bits per heavy atom. The van der Waals surface area contributed by atoms with E-state index in [1.165, 1.54) is 0 Å². The van der Waals surface area contributed by atoms with Crippen LogP contribution in [-0.2, 0) is 9.53 Å². The summed E-state index contributed by atoms with van der Waals surface area (Å²) in [5, 5.41) is 11.5. The Labute approximate surface area is 166 Å². The molecular formula is C22H21F2NO4. The summed E-state index contributed by atoms with van der Waals surface area (Å²) in [7, 11) is 0. The number of benzene rings is 2. The van der Waals surface area contributed by atoms with E-state index in [0.29, 0.717) is 0 Å². The molecule has 2 N–H and O–H groups in total. The minimum Gasteiger partial charge on any atom is -0.481 e. The second kappa shape index (κ2) is 7.46. The highest BCUT2D eigenvalue weighted by Gasteiger charge is 2.49. The number of fused-ring (bicyclic) bond motifs is 3. The van der Waals surface area contributed by atoms with Crippen molar-refractivity contribution in [3.63, 3.8) is 0 Å². The third kappa shape index (κ3) is 3.95. The number of amides is 1. The van der Waals surface area contributed by atoms with E-state index in [1.807, 2.05) is 48.5 Å². The molecular weight excluding hydrogens is 380 g/mol. The summed E-state index contributed by atoms with van der Waals surface area (Å²) in [6.45, 7) is 0.0838. The van der Waals surface area contributed by atoms with Gasteiger partial charge >= 0.3 is 12.1 Å². The molecule has 1 fully saturated rings. The first-order chi connectivity index (χ1) is 13.8. The van der Waals surface area contributed by atoms with E-state index >= 15 is 0 Å². The molecule has 2 aromatic rings. The molecule has 1 atom stereocenters. The standard InChI is InChI=1S/C22H21F2NO4/c23-22(24)10-13(11-22)19(9-20(26)27)25-21(28)29-12-18-16-7-3-1-5-14(16)15-6-2-4-8-17(15)18/h1-8,13,18-19H,9-12H2,(H,25,28)(H,26,27)/t19-/m1/s1. The van der Waals surface area contributed by atoms with E-state index < -0.39 is 49.2 Å². The van der Waals surface area contributed by atoms with Crippen molar-refractivity contribution in [1.29, 1.82) is 0 Å². The molecule has 0 saturated heterocycles. The van der Waals surface area contributed by atoms with Gasteiger partial charge in [-0.25, -0.2) is 13.6 Å². The predicted octanol–water partition coefficient (Wildman–Crippen LogP) is 4.41. The van der Waals surface area contributed by atoms with Crippen LogP contribution in [-0.4, -0.2) is 35.7 Å². The summed E-state index contributed by atoms with van der Waals surface area (Å²) in [6, 6.07) is 14.9. The normalized spacial score (nSPS) is 18.3. The van der Waals surface area contributed by atoms with Crippen molar-refractivity contribution in [1.82, 2.24) is 5.32 Å². The van der Waals surface area contributed by atoms with Crippen molar-refractivity contribution in [3.8, 4) is 11.1 Å². The fourth-order valence-electron chi connectivity index (χ4n) is 4.31. The van der Waals surface area contributed by atoms with Crippen LogP contribution in [0.25, 0.3) is 11.1 Å². The highest BCUT2D eigenvalue weighted by Crippen LogP contribution is 2.45. The molecule has 0 bridgehead atoms. The number of halogens is 2. The van der Waals surface area contributed by atoms with E-state index in [4.69, 9.17) is 9.84 Å². The highest BCUT2D eigenvalue weighted by atomic mass is 19.3. The summed E-state index contributed by atoms with van der Waals surface area (Å²) < 4.78 is 31.7. The smallest absolute Gasteiger partial charge is 0.407 e. The van der Waals surface area contributed by atoms with E-state index in [-0.39, 0.29) is 12.5 Å². The molecule has 0 aromatic heterocycles. The average molecular weight is 401 g/mol. The third-order valence-corrected chi connectivity index (χ3v) is 5.73. The summed E-state index contributed by atoms with van der Waals surface area (Å²) in [5.74, 6) is -4.63. The molecule has 152 valence electrons. The van der Waals surface area contributed by atoms with Gasteiger partial charge in [0.1, 0.15) is 6.61 Å². The molecule has 7 heteroatoms. The van der Waals surface area contributed by atoms with Crippen LogP contribution in [0.4, 0.5) is 13.6 Å². The maximum atomic E-state index is 13.2. The van der Waals surface area contributed by atoms with Crippen molar-refractivity contribution in [2.45, 2.75) is 37.1 Å². The summed E-state index contributed by atoms with van der Waals surface area (Å²) >= 11 is 0. The fraction of sp³-hybridized carbons (Fsp3) is 0.364. The average Bonchev–Trinajstić information content (AvgIpc) is 2.97. The van der Waals surface area contributed by atoms with E-state index in [2.05, 4.69) is 5.32 Å². The summed E-state index contributed by atoms with van der Waals surface area (Å²) in [5.41, 5.74) is 4.31. The number of alkyl carbamates (subject to hydrolysis) is 1. The molecule has 5 nitrogen and oxygen atoms in total. The number of carbonyl (C=O) groups is 2. The fourth-order valence-corrected chi connectivity index (χ4v) is 4.31. The Morgan fingerprint density at radius 1 is 1.07 bits per heavy atom. The van der Waals surface area contributed by atoms with Crippen LogP contribution in [0.1, 0.15) is 36.3 Å². The van der Waals surface area contributed by atoms with Crippen LogP contribution >= 0.6 is 0 Å². The first kappa shape index (κ1) is 19.4. The van der Waals surface area contributed by atoms with Gasteiger partial charge in [0, 0.05) is 24.8 Å². The number of carboxylic acid groups (broad SMARTS) is 1. The van der Waals surface area contributed by atoms with Crippen LogP contribution < -0.4 is 5.32 Å². The maximum Gasteiger partial charge on any atom is 0.407 e. The number of carboxylic acids is 1. The van der Waals surface area contributed by atoms with Gasteiger partial charge in [0.05, 0.1) is 6.42 Å². The number of ether oxygens (including phenoxy) is 1. The van der Waals surface area contributed by atoms with Crippen molar-refractivity contribution in [2.75, 3.05) is 6.61 Å². The molecule has 0 aliphatic heterocycles. The van der Waals surface area contributed by atoms with Gasteiger partial charge in [-0.1, -0.05) is 48.5 Å². The lowest BCUT2D eigenvalue weighted by Gasteiger charge is -2.39.